The standard InChI is InChI=1S/C25H16OS/c1-2-8-23-19(18-10-4-6-14-24(18)27-23)16-15-17-9-7-13-22-25(17)20-11-3-5-12-21(20)26-22/h2-14H,1H3/b8-2-. The summed E-state index contributed by atoms with van der Waals surface area (Å²) < 4.78 is 7.25. The molecule has 2 heterocycles. The minimum absolute atomic E-state index is 0.881. The molecular weight excluding hydrogens is 348 g/mol. The molecule has 5 aromatic rings. The first-order valence-corrected chi connectivity index (χ1v) is 9.73. The summed E-state index contributed by atoms with van der Waals surface area (Å²) in [6.07, 6.45) is 4.21. The molecule has 2 heteroatoms. The highest BCUT2D eigenvalue weighted by molar-refractivity contribution is 7.20. The van der Waals surface area contributed by atoms with Crippen LogP contribution in [0.25, 0.3) is 38.1 Å². The van der Waals surface area contributed by atoms with Crippen LogP contribution in [-0.4, -0.2) is 0 Å². The Bertz CT molecular complexity index is 1390. The zero-order valence-electron chi connectivity index (χ0n) is 14.8. The predicted molar refractivity (Wildman–Crippen MR) is 116 cm³/mol. The van der Waals surface area contributed by atoms with Crippen LogP contribution in [0.4, 0.5) is 0 Å². The largest absolute Gasteiger partial charge is 0.456 e. The summed E-state index contributed by atoms with van der Waals surface area (Å²) in [7, 11) is 0. The van der Waals surface area contributed by atoms with Crippen LogP contribution in [0.15, 0.2) is 77.2 Å². The lowest BCUT2D eigenvalue weighted by Crippen LogP contribution is -1.79. The maximum Gasteiger partial charge on any atom is 0.136 e. The third-order valence-electron chi connectivity index (χ3n) is 4.67. The number of thiophene rings is 1. The smallest absolute Gasteiger partial charge is 0.136 e. The fourth-order valence-corrected chi connectivity index (χ4v) is 4.60. The second kappa shape index (κ2) is 6.46. The summed E-state index contributed by atoms with van der Waals surface area (Å²) in [5.74, 6) is 6.87. The van der Waals surface area contributed by atoms with Crippen LogP contribution < -0.4 is 0 Å². The molecule has 0 aliphatic carbocycles. The molecule has 2 aromatic heterocycles. The topological polar surface area (TPSA) is 13.1 Å². The summed E-state index contributed by atoms with van der Waals surface area (Å²) in [5.41, 5.74) is 3.88. The number of fused-ring (bicyclic) bond motifs is 4. The van der Waals surface area contributed by atoms with Gasteiger partial charge in [-0.2, -0.15) is 0 Å². The van der Waals surface area contributed by atoms with Gasteiger partial charge in [-0.1, -0.05) is 60.4 Å². The maximum atomic E-state index is 5.99. The average Bonchev–Trinajstić information content (AvgIpc) is 3.25. The van der Waals surface area contributed by atoms with Crippen molar-refractivity contribution in [3.05, 3.63) is 88.8 Å². The van der Waals surface area contributed by atoms with Crippen molar-refractivity contribution >= 4 is 49.4 Å². The van der Waals surface area contributed by atoms with Crippen molar-refractivity contribution in [2.75, 3.05) is 0 Å². The molecule has 0 atom stereocenters. The monoisotopic (exact) mass is 364 g/mol. The van der Waals surface area contributed by atoms with Crippen LogP contribution in [0.1, 0.15) is 22.9 Å². The molecule has 0 aliphatic heterocycles. The minimum Gasteiger partial charge on any atom is -0.456 e. The summed E-state index contributed by atoms with van der Waals surface area (Å²) in [6, 6.07) is 22.7. The Morgan fingerprint density at radius 3 is 2.48 bits per heavy atom. The van der Waals surface area contributed by atoms with Crippen molar-refractivity contribution in [3.8, 4) is 11.8 Å². The highest BCUT2D eigenvalue weighted by Crippen LogP contribution is 2.33. The first-order valence-electron chi connectivity index (χ1n) is 8.91. The first-order chi connectivity index (χ1) is 13.3. The molecule has 0 saturated heterocycles. The molecule has 0 unspecified atom stereocenters. The number of benzene rings is 3. The Kier molecular flexibility index (Phi) is 3.81. The Morgan fingerprint density at radius 2 is 1.59 bits per heavy atom. The van der Waals surface area contributed by atoms with Gasteiger partial charge >= 0.3 is 0 Å². The Labute approximate surface area is 161 Å². The molecule has 0 N–H and O–H groups in total. The lowest BCUT2D eigenvalue weighted by atomic mass is 10.1. The maximum absolute atomic E-state index is 5.99. The number of rotatable bonds is 1. The molecule has 0 aliphatic rings. The van der Waals surface area contributed by atoms with Crippen LogP contribution in [0.5, 0.6) is 0 Å². The van der Waals surface area contributed by atoms with Gasteiger partial charge in [0.25, 0.3) is 0 Å². The summed E-state index contributed by atoms with van der Waals surface area (Å²) in [5, 5.41) is 3.42. The van der Waals surface area contributed by atoms with E-state index in [0.29, 0.717) is 0 Å². The van der Waals surface area contributed by atoms with E-state index in [0.717, 1.165) is 33.1 Å². The Balaban J connectivity index is 1.75. The molecule has 1 nitrogen and oxygen atoms in total. The van der Waals surface area contributed by atoms with Crippen LogP contribution in [-0.2, 0) is 0 Å². The fourth-order valence-electron chi connectivity index (χ4n) is 3.47. The molecular formula is C25H16OS. The summed E-state index contributed by atoms with van der Waals surface area (Å²) in [4.78, 5) is 1.20. The van der Waals surface area contributed by atoms with Crippen LogP contribution in [0, 0.1) is 11.8 Å². The molecule has 0 bridgehead atoms. The number of furan rings is 1. The predicted octanol–water partition coefficient (Wildman–Crippen LogP) is 7.23. The van der Waals surface area contributed by atoms with Gasteiger partial charge in [0, 0.05) is 31.3 Å². The van der Waals surface area contributed by atoms with Gasteiger partial charge in [0.2, 0.25) is 0 Å². The summed E-state index contributed by atoms with van der Waals surface area (Å²) in [6.45, 7) is 2.04. The second-order valence-electron chi connectivity index (χ2n) is 6.36. The quantitative estimate of drug-likeness (QED) is 0.286. The summed E-state index contributed by atoms with van der Waals surface area (Å²) >= 11 is 1.78. The number of allylic oxidation sites excluding steroid dienone is 1. The molecule has 0 spiro atoms. The zero-order valence-corrected chi connectivity index (χ0v) is 15.6. The van der Waals surface area contributed by atoms with Crippen molar-refractivity contribution < 1.29 is 4.42 Å². The highest BCUT2D eigenvalue weighted by atomic mass is 32.1. The van der Waals surface area contributed by atoms with Gasteiger partial charge in [0.15, 0.2) is 0 Å². The molecule has 128 valence electrons. The molecule has 0 radical (unpaired) electrons. The van der Waals surface area contributed by atoms with Crippen LogP contribution in [0.2, 0.25) is 0 Å². The zero-order chi connectivity index (χ0) is 18.2. The van der Waals surface area contributed by atoms with E-state index in [1.165, 1.54) is 15.0 Å². The lowest BCUT2D eigenvalue weighted by molar-refractivity contribution is 0.669. The van der Waals surface area contributed by atoms with Gasteiger partial charge in [-0.25, -0.2) is 0 Å². The van der Waals surface area contributed by atoms with Crippen molar-refractivity contribution in [3.63, 3.8) is 0 Å². The fraction of sp³-hybridized carbons (Fsp3) is 0.0400. The lowest BCUT2D eigenvalue weighted by Gasteiger charge is -1.95. The van der Waals surface area contributed by atoms with Gasteiger partial charge in [-0.15, -0.1) is 11.3 Å². The highest BCUT2D eigenvalue weighted by Gasteiger charge is 2.10. The van der Waals surface area contributed by atoms with E-state index in [1.807, 2.05) is 37.3 Å². The third-order valence-corrected chi connectivity index (χ3v) is 5.80. The van der Waals surface area contributed by atoms with Gasteiger partial charge in [0.1, 0.15) is 11.2 Å². The SMILES string of the molecule is C/C=C\c1sc2ccccc2c1C#Cc1cccc2oc3ccccc3c12. The van der Waals surface area contributed by atoms with Crippen molar-refractivity contribution in [1.82, 2.24) is 0 Å². The molecule has 0 saturated carbocycles. The van der Waals surface area contributed by atoms with Crippen molar-refractivity contribution in [2.24, 2.45) is 0 Å². The Morgan fingerprint density at radius 1 is 0.815 bits per heavy atom. The second-order valence-corrected chi connectivity index (χ2v) is 7.45. The van der Waals surface area contributed by atoms with E-state index in [2.05, 4.69) is 60.4 Å². The van der Waals surface area contributed by atoms with E-state index in [-0.39, 0.29) is 0 Å². The number of hydrogen-bond acceptors (Lipinski definition) is 2. The third kappa shape index (κ3) is 2.65. The molecule has 27 heavy (non-hydrogen) atoms. The van der Waals surface area contributed by atoms with E-state index in [4.69, 9.17) is 4.42 Å². The molecule has 3 aromatic carbocycles. The first kappa shape index (κ1) is 15.9. The van der Waals surface area contributed by atoms with Crippen molar-refractivity contribution in [1.29, 1.82) is 0 Å². The number of para-hydroxylation sites is 1. The van der Waals surface area contributed by atoms with Crippen molar-refractivity contribution in [2.45, 2.75) is 6.92 Å². The van der Waals surface area contributed by atoms with Gasteiger partial charge in [0.05, 0.1) is 5.56 Å². The normalized spacial score (nSPS) is 11.4. The van der Waals surface area contributed by atoms with Crippen LogP contribution in [0.3, 0.4) is 0 Å². The van der Waals surface area contributed by atoms with Gasteiger partial charge in [-0.3, -0.25) is 0 Å². The average molecular weight is 364 g/mol. The van der Waals surface area contributed by atoms with E-state index in [9.17, 15) is 0 Å². The van der Waals surface area contributed by atoms with E-state index >= 15 is 0 Å². The molecule has 0 fully saturated rings. The van der Waals surface area contributed by atoms with E-state index < -0.39 is 0 Å². The van der Waals surface area contributed by atoms with Crippen LogP contribution >= 0.6 is 11.3 Å². The number of hydrogen-bond donors (Lipinski definition) is 0. The van der Waals surface area contributed by atoms with Gasteiger partial charge in [-0.05, 0) is 37.3 Å². The van der Waals surface area contributed by atoms with Gasteiger partial charge < -0.3 is 4.42 Å². The molecule has 5 rings (SSSR count). The molecule has 0 amide bonds. The Hall–Kier alpha value is -3.28. The van der Waals surface area contributed by atoms with E-state index in [1.54, 1.807) is 11.3 Å². The minimum atomic E-state index is 0.881.